The molecule has 0 heterocycles. The lowest BCUT2D eigenvalue weighted by Crippen LogP contribution is -2.18. The molecule has 1 aromatic rings. The van der Waals surface area contributed by atoms with Gasteiger partial charge in [0, 0.05) is 13.0 Å². The number of carbonyl (C=O) groups is 1. The molecule has 0 fully saturated rings. The summed E-state index contributed by atoms with van der Waals surface area (Å²) < 4.78 is 4.63. The van der Waals surface area contributed by atoms with Gasteiger partial charge < -0.3 is 9.64 Å². The van der Waals surface area contributed by atoms with Crippen LogP contribution in [0, 0.1) is 0 Å². The van der Waals surface area contributed by atoms with Crippen LogP contribution in [-0.2, 0) is 22.4 Å². The lowest BCUT2D eigenvalue weighted by molar-refractivity contribution is -0.132. The Hall–Kier alpha value is -1.26. The number of hydrogen-bond donors (Lipinski definition) is 0. The summed E-state index contributed by atoms with van der Waals surface area (Å²) in [4.78, 5) is 13.8. The average Bonchev–Trinajstić information content (AvgIpc) is 2.36. The summed E-state index contributed by atoms with van der Waals surface area (Å²) >= 11 is 5.07. The topological polar surface area (TPSA) is 29.5 Å². The molecule has 0 unspecified atom stereocenters. The van der Waals surface area contributed by atoms with E-state index in [1.54, 1.807) is 0 Å². The molecule has 98 valence electrons. The highest BCUT2D eigenvalue weighted by molar-refractivity contribution is 7.82. The van der Waals surface area contributed by atoms with Crippen molar-refractivity contribution in [1.82, 2.24) is 4.90 Å². The second kappa shape index (κ2) is 7.24. The molecule has 0 saturated heterocycles. The first-order valence-electron chi connectivity index (χ1n) is 5.87. The predicted molar refractivity (Wildman–Crippen MR) is 77.0 cm³/mol. The van der Waals surface area contributed by atoms with Crippen molar-refractivity contribution in [3.8, 4) is 0 Å². The van der Waals surface area contributed by atoms with Gasteiger partial charge in [-0.1, -0.05) is 36.5 Å². The fourth-order valence-corrected chi connectivity index (χ4v) is 1.92. The van der Waals surface area contributed by atoms with E-state index >= 15 is 0 Å². The van der Waals surface area contributed by atoms with Gasteiger partial charge in [0.15, 0.2) is 0 Å². The molecule has 18 heavy (non-hydrogen) atoms. The zero-order chi connectivity index (χ0) is 13.5. The second-order valence-electron chi connectivity index (χ2n) is 4.41. The van der Waals surface area contributed by atoms with E-state index in [0.717, 1.165) is 18.5 Å². The molecule has 0 bridgehead atoms. The van der Waals surface area contributed by atoms with Crippen LogP contribution in [0.2, 0.25) is 0 Å². The van der Waals surface area contributed by atoms with Crippen molar-refractivity contribution in [2.24, 2.45) is 0 Å². The molecule has 0 atom stereocenters. The Morgan fingerprint density at radius 3 is 2.44 bits per heavy atom. The number of carbonyl (C=O) groups excluding carboxylic acids is 1. The number of methoxy groups -OCH3 is 1. The van der Waals surface area contributed by atoms with Crippen LogP contribution >= 0.6 is 12.2 Å². The first kappa shape index (κ1) is 14.8. The molecule has 0 amide bonds. The summed E-state index contributed by atoms with van der Waals surface area (Å²) in [6.45, 7) is 0.974. The molecule has 3 nitrogen and oxygen atoms in total. The Kier molecular flexibility index (Phi) is 5.95. The Morgan fingerprint density at radius 1 is 1.28 bits per heavy atom. The highest BCUT2D eigenvalue weighted by atomic mass is 32.1. The first-order valence-corrected chi connectivity index (χ1v) is 6.28. The van der Waals surface area contributed by atoms with Gasteiger partial charge in [0.25, 0.3) is 0 Å². The molecule has 0 saturated carbocycles. The van der Waals surface area contributed by atoms with Gasteiger partial charge in [-0.15, -0.1) is 0 Å². The van der Waals surface area contributed by atoms with Gasteiger partial charge in [0.2, 0.25) is 0 Å². The van der Waals surface area contributed by atoms with E-state index < -0.39 is 5.97 Å². The lowest BCUT2D eigenvalue weighted by atomic mass is 10.0. The van der Waals surface area contributed by atoms with Gasteiger partial charge in [-0.25, -0.2) is 4.79 Å². The molecule has 0 spiro atoms. The lowest BCUT2D eigenvalue weighted by Gasteiger charge is -2.13. The molecule has 1 rings (SSSR count). The third-order valence-corrected chi connectivity index (χ3v) is 3.02. The molecule has 0 radical (unpaired) electrons. The number of benzene rings is 1. The van der Waals surface area contributed by atoms with Crippen LogP contribution in [0.1, 0.15) is 11.1 Å². The SMILES string of the molecule is COC(=O)C(=S)Cc1ccccc1CCN(C)C. The highest BCUT2D eigenvalue weighted by Gasteiger charge is 2.12. The van der Waals surface area contributed by atoms with Crippen molar-refractivity contribution in [3.05, 3.63) is 35.4 Å². The first-order chi connectivity index (χ1) is 8.54. The maximum atomic E-state index is 11.3. The summed E-state index contributed by atoms with van der Waals surface area (Å²) in [5, 5.41) is 0. The number of thiocarbonyl (C=S) groups is 1. The van der Waals surface area contributed by atoms with Crippen molar-refractivity contribution in [2.45, 2.75) is 12.8 Å². The van der Waals surface area contributed by atoms with Crippen molar-refractivity contribution >= 4 is 23.1 Å². The van der Waals surface area contributed by atoms with E-state index in [9.17, 15) is 4.79 Å². The fraction of sp³-hybridized carbons (Fsp3) is 0.429. The van der Waals surface area contributed by atoms with E-state index in [4.69, 9.17) is 12.2 Å². The van der Waals surface area contributed by atoms with Crippen LogP contribution in [0.4, 0.5) is 0 Å². The number of hydrogen-bond acceptors (Lipinski definition) is 4. The van der Waals surface area contributed by atoms with Crippen molar-refractivity contribution in [1.29, 1.82) is 0 Å². The van der Waals surface area contributed by atoms with Crippen LogP contribution in [0.5, 0.6) is 0 Å². The third-order valence-electron chi connectivity index (χ3n) is 2.71. The molecule has 0 aromatic heterocycles. The monoisotopic (exact) mass is 265 g/mol. The van der Waals surface area contributed by atoms with E-state index in [0.29, 0.717) is 11.3 Å². The van der Waals surface area contributed by atoms with Crippen molar-refractivity contribution < 1.29 is 9.53 Å². The van der Waals surface area contributed by atoms with E-state index in [1.807, 2.05) is 32.3 Å². The normalized spacial score (nSPS) is 10.4. The number of nitrogens with zero attached hydrogens (tertiary/aromatic N) is 1. The van der Waals surface area contributed by atoms with Gasteiger partial charge >= 0.3 is 5.97 Å². The predicted octanol–water partition coefficient (Wildman–Crippen LogP) is 1.88. The minimum absolute atomic E-state index is 0.329. The molecule has 0 aliphatic heterocycles. The molecule has 0 N–H and O–H groups in total. The smallest absolute Gasteiger partial charge is 0.345 e. The molecular weight excluding hydrogens is 246 g/mol. The van der Waals surface area contributed by atoms with Crippen LogP contribution in [0.25, 0.3) is 0 Å². The highest BCUT2D eigenvalue weighted by Crippen LogP contribution is 2.12. The van der Waals surface area contributed by atoms with Crippen LogP contribution in [0.3, 0.4) is 0 Å². The Morgan fingerprint density at radius 2 is 1.89 bits per heavy atom. The Labute approximate surface area is 114 Å². The van der Waals surface area contributed by atoms with Gasteiger partial charge in [0.05, 0.1) is 7.11 Å². The van der Waals surface area contributed by atoms with Gasteiger partial charge in [0.1, 0.15) is 4.86 Å². The largest absolute Gasteiger partial charge is 0.465 e. The van der Waals surface area contributed by atoms with Crippen molar-refractivity contribution in [3.63, 3.8) is 0 Å². The maximum absolute atomic E-state index is 11.3. The number of ether oxygens (including phenoxy) is 1. The standard InChI is InChI=1S/C14H19NO2S/c1-15(2)9-8-11-6-4-5-7-12(11)10-13(18)14(16)17-3/h4-7H,8-10H2,1-3H3. The van der Waals surface area contributed by atoms with Gasteiger partial charge in [-0.3, -0.25) is 0 Å². The number of esters is 1. The van der Waals surface area contributed by atoms with E-state index in [1.165, 1.54) is 12.7 Å². The summed E-state index contributed by atoms with van der Waals surface area (Å²) in [5.74, 6) is -0.410. The average molecular weight is 265 g/mol. The van der Waals surface area contributed by atoms with Gasteiger partial charge in [-0.2, -0.15) is 0 Å². The summed E-state index contributed by atoms with van der Waals surface area (Å²) in [6, 6.07) is 8.07. The second-order valence-corrected chi connectivity index (χ2v) is 4.91. The van der Waals surface area contributed by atoms with Gasteiger partial charge in [-0.05, 0) is 31.6 Å². The molecule has 1 aromatic carbocycles. The molecular formula is C14H19NO2S. The van der Waals surface area contributed by atoms with E-state index in [-0.39, 0.29) is 0 Å². The molecule has 0 aliphatic rings. The maximum Gasteiger partial charge on any atom is 0.345 e. The zero-order valence-electron chi connectivity index (χ0n) is 11.1. The number of rotatable bonds is 6. The summed E-state index contributed by atoms with van der Waals surface area (Å²) in [6.07, 6.45) is 1.43. The van der Waals surface area contributed by atoms with Crippen LogP contribution in [0.15, 0.2) is 24.3 Å². The minimum atomic E-state index is -0.410. The number of likely N-dealkylation sites (N-methyl/N-ethyl adjacent to an activating group) is 1. The van der Waals surface area contributed by atoms with E-state index in [2.05, 4.69) is 15.7 Å². The third kappa shape index (κ3) is 4.55. The quantitative estimate of drug-likeness (QED) is 0.580. The van der Waals surface area contributed by atoms with Crippen LogP contribution in [-0.4, -0.2) is 43.5 Å². The molecule has 4 heteroatoms. The zero-order valence-corrected chi connectivity index (χ0v) is 11.9. The summed E-state index contributed by atoms with van der Waals surface area (Å²) in [7, 11) is 5.44. The Bertz CT molecular complexity index is 430. The minimum Gasteiger partial charge on any atom is -0.465 e. The van der Waals surface area contributed by atoms with Crippen LogP contribution < -0.4 is 0 Å². The molecule has 0 aliphatic carbocycles. The Balaban J connectivity index is 2.75. The summed E-state index contributed by atoms with van der Waals surface area (Å²) in [5.41, 5.74) is 2.34. The van der Waals surface area contributed by atoms with Crippen molar-refractivity contribution in [2.75, 3.05) is 27.7 Å². The fourth-order valence-electron chi connectivity index (χ4n) is 1.68.